The van der Waals surface area contributed by atoms with Crippen LogP contribution >= 0.6 is 11.8 Å². The summed E-state index contributed by atoms with van der Waals surface area (Å²) in [6.07, 6.45) is 1.95. The zero-order valence-corrected chi connectivity index (χ0v) is 15.5. The van der Waals surface area contributed by atoms with E-state index in [1.165, 1.54) is 17.8 Å². The van der Waals surface area contributed by atoms with Crippen LogP contribution in [0.4, 0.5) is 4.39 Å². The molecule has 0 atom stereocenters. The van der Waals surface area contributed by atoms with Gasteiger partial charge < -0.3 is 4.90 Å². The molecule has 0 unspecified atom stereocenters. The number of carbonyl (C=O) groups is 1. The largest absolute Gasteiger partial charge is 0.335 e. The van der Waals surface area contributed by atoms with Crippen LogP contribution in [-0.4, -0.2) is 42.8 Å². The van der Waals surface area contributed by atoms with Crippen molar-refractivity contribution in [1.29, 1.82) is 0 Å². The average Bonchev–Trinajstić information content (AvgIpc) is 3.27. The number of aromatic nitrogens is 4. The summed E-state index contributed by atoms with van der Waals surface area (Å²) in [6, 6.07) is 6.82. The van der Waals surface area contributed by atoms with E-state index in [1.54, 1.807) is 27.8 Å². The van der Waals surface area contributed by atoms with Crippen LogP contribution in [0.15, 0.2) is 29.4 Å². The molecule has 3 rings (SSSR count). The summed E-state index contributed by atoms with van der Waals surface area (Å²) in [7, 11) is 0. The number of carbonyl (C=O) groups excluding carboxylic acids is 1. The first kappa shape index (κ1) is 17.8. The van der Waals surface area contributed by atoms with E-state index in [9.17, 15) is 9.18 Å². The Morgan fingerprint density at radius 3 is 2.72 bits per heavy atom. The van der Waals surface area contributed by atoms with Crippen LogP contribution in [0.2, 0.25) is 0 Å². The first-order valence-corrected chi connectivity index (χ1v) is 9.29. The number of rotatable bonds is 6. The molecule has 0 spiro atoms. The van der Waals surface area contributed by atoms with Crippen molar-refractivity contribution in [1.82, 2.24) is 25.1 Å². The molecule has 1 aliphatic rings. The van der Waals surface area contributed by atoms with E-state index in [0.29, 0.717) is 17.3 Å². The van der Waals surface area contributed by atoms with Gasteiger partial charge in [0.25, 0.3) is 0 Å². The van der Waals surface area contributed by atoms with Crippen LogP contribution in [0.5, 0.6) is 0 Å². The lowest BCUT2D eigenvalue weighted by molar-refractivity contribution is -0.129. The van der Waals surface area contributed by atoms with Crippen LogP contribution in [-0.2, 0) is 16.9 Å². The summed E-state index contributed by atoms with van der Waals surface area (Å²) in [5.74, 6) is -0.0500. The third-order valence-corrected chi connectivity index (χ3v) is 4.91. The molecule has 0 aliphatic heterocycles. The van der Waals surface area contributed by atoms with Gasteiger partial charge in [0.2, 0.25) is 11.1 Å². The summed E-state index contributed by atoms with van der Waals surface area (Å²) in [5.41, 5.74) is 0.297. The fraction of sp³-hybridized carbons (Fsp3) is 0.529. The molecule has 1 heterocycles. The molecular formula is C17H22FN5OS. The standard InChI is InChI=1S/C17H22FN5OS/c1-17(2,3)23-16(19-20-21-23)25-11-15(24)22(13-8-9-13)10-12-6-4-5-7-14(12)18/h4-7,13H,8-11H2,1-3H3. The van der Waals surface area contributed by atoms with Crippen LogP contribution in [0.1, 0.15) is 39.2 Å². The predicted octanol–water partition coefficient (Wildman–Crippen LogP) is 2.85. The lowest BCUT2D eigenvalue weighted by atomic mass is 10.1. The van der Waals surface area contributed by atoms with Crippen LogP contribution in [0.3, 0.4) is 0 Å². The summed E-state index contributed by atoms with van der Waals surface area (Å²) in [4.78, 5) is 14.5. The molecule has 0 bridgehead atoms. The fourth-order valence-electron chi connectivity index (χ4n) is 2.52. The summed E-state index contributed by atoms with van der Waals surface area (Å²) in [6.45, 7) is 6.32. The van der Waals surface area contributed by atoms with Crippen LogP contribution < -0.4 is 0 Å². The molecule has 1 aliphatic carbocycles. The van der Waals surface area contributed by atoms with Crippen molar-refractivity contribution in [3.05, 3.63) is 35.6 Å². The van der Waals surface area contributed by atoms with Crippen molar-refractivity contribution in [2.45, 2.75) is 56.9 Å². The lowest BCUT2D eigenvalue weighted by Crippen LogP contribution is -2.34. The quantitative estimate of drug-likeness (QED) is 0.739. The van der Waals surface area contributed by atoms with Gasteiger partial charge in [0.15, 0.2) is 0 Å². The second-order valence-electron chi connectivity index (χ2n) is 7.18. The molecule has 2 aromatic rings. The minimum atomic E-state index is -0.273. The minimum Gasteiger partial charge on any atom is -0.335 e. The summed E-state index contributed by atoms with van der Waals surface area (Å²) >= 11 is 1.32. The van der Waals surface area contributed by atoms with Gasteiger partial charge in [-0.05, 0) is 50.1 Å². The lowest BCUT2D eigenvalue weighted by Gasteiger charge is -2.23. The Balaban J connectivity index is 1.66. The molecule has 6 nitrogen and oxygen atoms in total. The number of nitrogens with zero attached hydrogens (tertiary/aromatic N) is 5. The highest BCUT2D eigenvalue weighted by Gasteiger charge is 2.33. The van der Waals surface area contributed by atoms with Crippen molar-refractivity contribution in [3.8, 4) is 0 Å². The van der Waals surface area contributed by atoms with Crippen LogP contribution in [0, 0.1) is 5.82 Å². The van der Waals surface area contributed by atoms with Crippen LogP contribution in [0.25, 0.3) is 0 Å². The second-order valence-corrected chi connectivity index (χ2v) is 8.12. The number of tetrazole rings is 1. The van der Waals surface area contributed by atoms with E-state index < -0.39 is 0 Å². The predicted molar refractivity (Wildman–Crippen MR) is 93.5 cm³/mol. The Morgan fingerprint density at radius 2 is 2.08 bits per heavy atom. The molecule has 1 saturated carbocycles. The fourth-order valence-corrected chi connectivity index (χ4v) is 3.46. The third kappa shape index (κ3) is 4.36. The van der Waals surface area contributed by atoms with Gasteiger partial charge in [-0.2, -0.15) is 0 Å². The highest BCUT2D eigenvalue weighted by atomic mass is 32.2. The Bertz CT molecular complexity index is 753. The normalized spacial score (nSPS) is 14.6. The Labute approximate surface area is 150 Å². The van der Waals surface area contributed by atoms with Gasteiger partial charge in [-0.3, -0.25) is 4.79 Å². The van der Waals surface area contributed by atoms with E-state index in [1.807, 2.05) is 20.8 Å². The number of hydrogen-bond acceptors (Lipinski definition) is 5. The first-order valence-electron chi connectivity index (χ1n) is 8.31. The van der Waals surface area contributed by atoms with E-state index in [0.717, 1.165) is 12.8 Å². The van der Waals surface area contributed by atoms with Gasteiger partial charge in [0.05, 0.1) is 11.3 Å². The Morgan fingerprint density at radius 1 is 1.36 bits per heavy atom. The SMILES string of the molecule is CC(C)(C)n1nnnc1SCC(=O)N(Cc1ccccc1F)C1CC1. The number of benzene rings is 1. The summed E-state index contributed by atoms with van der Waals surface area (Å²) < 4.78 is 15.6. The first-order chi connectivity index (χ1) is 11.9. The maximum absolute atomic E-state index is 13.9. The molecule has 134 valence electrons. The highest BCUT2D eigenvalue weighted by molar-refractivity contribution is 7.99. The maximum atomic E-state index is 13.9. The van der Waals surface area contributed by atoms with E-state index in [-0.39, 0.29) is 29.1 Å². The van der Waals surface area contributed by atoms with Gasteiger partial charge in [0, 0.05) is 18.2 Å². The van der Waals surface area contributed by atoms with E-state index in [4.69, 9.17) is 0 Å². The average molecular weight is 363 g/mol. The molecule has 8 heteroatoms. The molecule has 0 saturated heterocycles. The number of hydrogen-bond donors (Lipinski definition) is 0. The van der Waals surface area contributed by atoms with Gasteiger partial charge in [-0.25, -0.2) is 9.07 Å². The highest BCUT2D eigenvalue weighted by Crippen LogP contribution is 2.30. The molecule has 1 amide bonds. The summed E-state index contributed by atoms with van der Waals surface area (Å²) in [5, 5.41) is 12.3. The van der Waals surface area contributed by atoms with Crippen molar-refractivity contribution < 1.29 is 9.18 Å². The zero-order chi connectivity index (χ0) is 18.0. The Kier molecular flexibility index (Phi) is 5.08. The number of amides is 1. The van der Waals surface area contributed by atoms with Gasteiger partial charge in [-0.15, -0.1) is 5.10 Å². The minimum absolute atomic E-state index is 0.0146. The molecule has 25 heavy (non-hydrogen) atoms. The molecule has 0 N–H and O–H groups in total. The van der Waals surface area contributed by atoms with E-state index in [2.05, 4.69) is 15.5 Å². The van der Waals surface area contributed by atoms with Crippen molar-refractivity contribution in [2.24, 2.45) is 0 Å². The molecule has 1 fully saturated rings. The molecule has 1 aromatic carbocycles. The van der Waals surface area contributed by atoms with Crippen molar-refractivity contribution in [2.75, 3.05) is 5.75 Å². The number of thioether (sulfide) groups is 1. The van der Waals surface area contributed by atoms with Gasteiger partial charge in [0.1, 0.15) is 5.82 Å². The number of halogens is 1. The molecule has 1 aromatic heterocycles. The maximum Gasteiger partial charge on any atom is 0.233 e. The monoisotopic (exact) mass is 363 g/mol. The van der Waals surface area contributed by atoms with Crippen molar-refractivity contribution in [3.63, 3.8) is 0 Å². The molecule has 0 radical (unpaired) electrons. The molecular weight excluding hydrogens is 341 g/mol. The zero-order valence-electron chi connectivity index (χ0n) is 14.6. The smallest absolute Gasteiger partial charge is 0.233 e. The topological polar surface area (TPSA) is 63.9 Å². The third-order valence-electron chi connectivity index (χ3n) is 4.01. The van der Waals surface area contributed by atoms with Crippen molar-refractivity contribution >= 4 is 17.7 Å². The van der Waals surface area contributed by atoms with Gasteiger partial charge in [-0.1, -0.05) is 30.0 Å². The second kappa shape index (κ2) is 7.11. The van der Waals surface area contributed by atoms with Gasteiger partial charge >= 0.3 is 0 Å². The van der Waals surface area contributed by atoms with E-state index >= 15 is 0 Å². The Hall–Kier alpha value is -1.96.